The van der Waals surface area contributed by atoms with Gasteiger partial charge in [0.2, 0.25) is 6.41 Å². The number of nitrogens with one attached hydrogen (secondary N) is 1. The molecule has 0 aromatic carbocycles. The minimum Gasteiger partial charge on any atom is -0.352 e. The number of carbonyl (C=O) groups excluding carboxylic acids is 1. The summed E-state index contributed by atoms with van der Waals surface area (Å²) in [5.41, 5.74) is 0.374. The van der Waals surface area contributed by atoms with Crippen LogP contribution in [0, 0.1) is 17.3 Å². The average Bonchev–Trinajstić information content (AvgIpc) is 2.71. The van der Waals surface area contributed by atoms with Crippen molar-refractivity contribution in [3.8, 4) is 0 Å². The summed E-state index contributed by atoms with van der Waals surface area (Å²) >= 11 is 0. The molecule has 0 radical (unpaired) electrons. The molecule has 2 heteroatoms. The lowest BCUT2D eigenvalue weighted by Crippen LogP contribution is -2.59. The first-order valence-corrected chi connectivity index (χ1v) is 6.30. The predicted molar refractivity (Wildman–Crippen MR) is 61.5 cm³/mol. The smallest absolute Gasteiger partial charge is 0.207 e. The van der Waals surface area contributed by atoms with Gasteiger partial charge >= 0.3 is 0 Å². The first-order chi connectivity index (χ1) is 7.08. The third-order valence-electron chi connectivity index (χ3n) is 5.26. The maximum Gasteiger partial charge on any atom is 0.207 e. The summed E-state index contributed by atoms with van der Waals surface area (Å²) in [5.74, 6) is 1.55. The van der Waals surface area contributed by atoms with Crippen LogP contribution in [0.25, 0.3) is 0 Å². The number of amides is 1. The molecule has 0 aliphatic heterocycles. The first-order valence-electron chi connectivity index (χ1n) is 6.30. The van der Waals surface area contributed by atoms with Gasteiger partial charge in [0.15, 0.2) is 0 Å². The molecule has 15 heavy (non-hydrogen) atoms. The lowest BCUT2D eigenvalue weighted by atomic mass is 9.61. The third-order valence-corrected chi connectivity index (χ3v) is 5.26. The first kappa shape index (κ1) is 11.0. The Hall–Kier alpha value is -0.530. The Kier molecular flexibility index (Phi) is 2.56. The summed E-state index contributed by atoms with van der Waals surface area (Å²) in [5, 5.41) is 3.20. The molecule has 2 aliphatic carbocycles. The SMILES string of the molecule is CCC[C@@]1(NC=O)[C@H]2CC[C@@H](C2)C1(C)C. The quantitative estimate of drug-likeness (QED) is 0.709. The van der Waals surface area contributed by atoms with Gasteiger partial charge in [-0.2, -0.15) is 0 Å². The zero-order valence-corrected chi connectivity index (χ0v) is 10.2. The Balaban J connectivity index is 2.32. The molecule has 0 heterocycles. The van der Waals surface area contributed by atoms with E-state index in [0.717, 1.165) is 31.1 Å². The molecule has 0 unspecified atom stereocenters. The summed E-state index contributed by atoms with van der Waals surface area (Å²) < 4.78 is 0. The van der Waals surface area contributed by atoms with Crippen molar-refractivity contribution in [3.05, 3.63) is 0 Å². The van der Waals surface area contributed by atoms with E-state index < -0.39 is 0 Å². The molecule has 2 bridgehead atoms. The Labute approximate surface area is 92.8 Å². The van der Waals surface area contributed by atoms with Crippen LogP contribution < -0.4 is 5.32 Å². The van der Waals surface area contributed by atoms with Gasteiger partial charge < -0.3 is 5.32 Å². The van der Waals surface area contributed by atoms with Crippen molar-refractivity contribution in [2.75, 3.05) is 0 Å². The molecule has 2 saturated carbocycles. The zero-order valence-electron chi connectivity index (χ0n) is 10.2. The van der Waals surface area contributed by atoms with Gasteiger partial charge in [-0.3, -0.25) is 4.79 Å². The van der Waals surface area contributed by atoms with Gasteiger partial charge in [-0.1, -0.05) is 27.2 Å². The van der Waals surface area contributed by atoms with E-state index in [0.29, 0.717) is 0 Å². The zero-order chi connectivity index (χ0) is 11.1. The maximum atomic E-state index is 10.9. The second-order valence-electron chi connectivity index (χ2n) is 5.91. The molecule has 1 N–H and O–H groups in total. The van der Waals surface area contributed by atoms with Crippen LogP contribution in [0.3, 0.4) is 0 Å². The molecule has 86 valence electrons. The van der Waals surface area contributed by atoms with Crippen molar-refractivity contribution in [1.29, 1.82) is 0 Å². The second-order valence-corrected chi connectivity index (χ2v) is 5.91. The van der Waals surface area contributed by atoms with Gasteiger partial charge in [-0.25, -0.2) is 0 Å². The van der Waals surface area contributed by atoms with Gasteiger partial charge in [0.25, 0.3) is 0 Å². The molecule has 0 aromatic rings. The van der Waals surface area contributed by atoms with E-state index in [1.807, 2.05) is 0 Å². The van der Waals surface area contributed by atoms with Crippen LogP contribution in [-0.4, -0.2) is 11.9 Å². The van der Waals surface area contributed by atoms with E-state index in [2.05, 4.69) is 26.1 Å². The number of fused-ring (bicyclic) bond motifs is 2. The highest BCUT2D eigenvalue weighted by Gasteiger charge is 2.62. The average molecular weight is 209 g/mol. The molecular formula is C13H23NO. The van der Waals surface area contributed by atoms with Crippen molar-refractivity contribution >= 4 is 6.41 Å². The van der Waals surface area contributed by atoms with E-state index in [1.54, 1.807) is 0 Å². The summed E-state index contributed by atoms with van der Waals surface area (Å²) in [6.07, 6.45) is 7.23. The predicted octanol–water partition coefficient (Wildman–Crippen LogP) is 2.73. The molecule has 0 saturated heterocycles. The molecule has 0 aromatic heterocycles. The Morgan fingerprint density at radius 2 is 2.00 bits per heavy atom. The fourth-order valence-electron chi connectivity index (χ4n) is 4.38. The highest BCUT2D eigenvalue weighted by Crippen LogP contribution is 2.62. The van der Waals surface area contributed by atoms with E-state index in [4.69, 9.17) is 0 Å². The molecular weight excluding hydrogens is 186 g/mol. The van der Waals surface area contributed by atoms with Gasteiger partial charge in [0.05, 0.1) is 0 Å². The largest absolute Gasteiger partial charge is 0.352 e. The van der Waals surface area contributed by atoms with E-state index in [-0.39, 0.29) is 11.0 Å². The third kappa shape index (κ3) is 1.26. The van der Waals surface area contributed by atoms with Crippen LogP contribution in [0.1, 0.15) is 52.9 Å². The molecule has 1 amide bonds. The molecule has 2 rings (SSSR count). The molecule has 2 fully saturated rings. The van der Waals surface area contributed by atoms with E-state index in [9.17, 15) is 4.79 Å². The van der Waals surface area contributed by atoms with Crippen LogP contribution in [-0.2, 0) is 4.79 Å². The summed E-state index contributed by atoms with van der Waals surface area (Å²) in [6, 6.07) is 0. The van der Waals surface area contributed by atoms with Crippen LogP contribution >= 0.6 is 0 Å². The van der Waals surface area contributed by atoms with Gasteiger partial charge in [-0.05, 0) is 42.9 Å². The lowest BCUT2D eigenvalue weighted by molar-refractivity contribution is -0.114. The van der Waals surface area contributed by atoms with E-state index in [1.165, 1.54) is 19.3 Å². The number of hydrogen-bond acceptors (Lipinski definition) is 1. The van der Waals surface area contributed by atoms with Crippen LogP contribution in [0.4, 0.5) is 0 Å². The van der Waals surface area contributed by atoms with Crippen molar-refractivity contribution in [2.24, 2.45) is 17.3 Å². The van der Waals surface area contributed by atoms with Crippen LogP contribution in [0.5, 0.6) is 0 Å². The van der Waals surface area contributed by atoms with Gasteiger partial charge in [0, 0.05) is 5.54 Å². The minimum absolute atomic E-state index is 0.0897. The Morgan fingerprint density at radius 1 is 1.33 bits per heavy atom. The summed E-state index contributed by atoms with van der Waals surface area (Å²) in [7, 11) is 0. The van der Waals surface area contributed by atoms with Gasteiger partial charge in [0.1, 0.15) is 0 Å². The van der Waals surface area contributed by atoms with Crippen molar-refractivity contribution in [3.63, 3.8) is 0 Å². The highest BCUT2D eigenvalue weighted by atomic mass is 16.1. The Morgan fingerprint density at radius 3 is 2.47 bits per heavy atom. The summed E-state index contributed by atoms with van der Waals surface area (Å²) in [4.78, 5) is 10.9. The fraction of sp³-hybridized carbons (Fsp3) is 0.923. The maximum absolute atomic E-state index is 10.9. The van der Waals surface area contributed by atoms with Crippen molar-refractivity contribution < 1.29 is 4.79 Å². The topological polar surface area (TPSA) is 29.1 Å². The van der Waals surface area contributed by atoms with Crippen molar-refractivity contribution in [2.45, 2.75) is 58.4 Å². The number of hydrogen-bond donors (Lipinski definition) is 1. The summed E-state index contributed by atoms with van der Waals surface area (Å²) in [6.45, 7) is 6.92. The lowest BCUT2D eigenvalue weighted by Gasteiger charge is -2.50. The number of rotatable bonds is 4. The van der Waals surface area contributed by atoms with Crippen LogP contribution in [0.2, 0.25) is 0 Å². The number of carbonyl (C=O) groups is 1. The molecule has 3 atom stereocenters. The standard InChI is InChI=1S/C13H23NO/c1-4-7-13(14-9-15)11-6-5-10(8-11)12(13,2)3/h9-11H,4-8H2,1-3H3,(H,14,15)/t10-,11-,13+/m0/s1. The van der Waals surface area contributed by atoms with Gasteiger partial charge in [-0.15, -0.1) is 0 Å². The fourth-order valence-corrected chi connectivity index (χ4v) is 4.38. The highest BCUT2D eigenvalue weighted by molar-refractivity contribution is 5.49. The normalized spacial score (nSPS) is 41.8. The molecule has 2 nitrogen and oxygen atoms in total. The molecule has 0 spiro atoms. The van der Waals surface area contributed by atoms with E-state index >= 15 is 0 Å². The Bertz CT molecular complexity index is 261. The second kappa shape index (κ2) is 3.50. The monoisotopic (exact) mass is 209 g/mol. The molecule has 2 aliphatic rings. The van der Waals surface area contributed by atoms with Crippen LogP contribution in [0.15, 0.2) is 0 Å². The minimum atomic E-state index is 0.0897. The van der Waals surface area contributed by atoms with Crippen molar-refractivity contribution in [1.82, 2.24) is 5.32 Å².